The van der Waals surface area contributed by atoms with Gasteiger partial charge in [0.15, 0.2) is 0 Å². The van der Waals surface area contributed by atoms with E-state index in [0.29, 0.717) is 11.7 Å². The van der Waals surface area contributed by atoms with E-state index in [0.717, 1.165) is 11.5 Å². The predicted molar refractivity (Wildman–Crippen MR) is 63.2 cm³/mol. The van der Waals surface area contributed by atoms with E-state index in [9.17, 15) is 5.11 Å². The number of phenolic OH excluding ortho intramolecular Hbond substituents is 1. The van der Waals surface area contributed by atoms with Crippen LogP contribution < -0.4 is 0 Å². The van der Waals surface area contributed by atoms with Crippen LogP contribution in [0, 0.1) is 12.8 Å². The summed E-state index contributed by atoms with van der Waals surface area (Å²) < 4.78 is 0. The Bertz CT molecular complexity index is 343. The van der Waals surface area contributed by atoms with Crippen molar-refractivity contribution in [1.29, 1.82) is 0 Å². The first kappa shape index (κ1) is 10.5. The lowest BCUT2D eigenvalue weighted by Crippen LogP contribution is -2.11. The van der Waals surface area contributed by atoms with Crippen molar-refractivity contribution in [3.8, 4) is 5.75 Å². The van der Waals surface area contributed by atoms with Crippen LogP contribution in [0.3, 0.4) is 0 Å². The minimum Gasteiger partial charge on any atom is -0.508 e. The van der Waals surface area contributed by atoms with Gasteiger partial charge < -0.3 is 5.11 Å². The van der Waals surface area contributed by atoms with Gasteiger partial charge in [0.1, 0.15) is 5.75 Å². The average molecular weight is 204 g/mol. The van der Waals surface area contributed by atoms with Crippen molar-refractivity contribution >= 4 is 0 Å². The molecule has 0 bridgehead atoms. The summed E-state index contributed by atoms with van der Waals surface area (Å²) in [6, 6.07) is 6.08. The van der Waals surface area contributed by atoms with Crippen molar-refractivity contribution in [2.24, 2.45) is 5.92 Å². The number of aromatic hydroxyl groups is 1. The Morgan fingerprint density at radius 1 is 1.27 bits per heavy atom. The molecule has 1 fully saturated rings. The van der Waals surface area contributed by atoms with Crippen LogP contribution in [0.5, 0.6) is 5.75 Å². The summed E-state index contributed by atoms with van der Waals surface area (Å²) >= 11 is 0. The van der Waals surface area contributed by atoms with Gasteiger partial charge in [0, 0.05) is 0 Å². The summed E-state index contributed by atoms with van der Waals surface area (Å²) in [6.45, 7) is 4.32. The van der Waals surface area contributed by atoms with Crippen LogP contribution in [-0.4, -0.2) is 5.11 Å². The fourth-order valence-electron chi connectivity index (χ4n) is 2.67. The third-order valence-corrected chi connectivity index (χ3v) is 3.63. The monoisotopic (exact) mass is 204 g/mol. The highest BCUT2D eigenvalue weighted by Gasteiger charge is 2.20. The first-order valence-corrected chi connectivity index (χ1v) is 5.96. The van der Waals surface area contributed by atoms with Crippen LogP contribution in [0.2, 0.25) is 0 Å². The molecule has 2 rings (SSSR count). The lowest BCUT2D eigenvalue weighted by Gasteiger charge is -2.27. The van der Waals surface area contributed by atoms with Crippen molar-refractivity contribution < 1.29 is 5.11 Å². The minimum absolute atomic E-state index is 0.419. The Morgan fingerprint density at radius 2 is 2.07 bits per heavy atom. The number of phenols is 1. The van der Waals surface area contributed by atoms with Gasteiger partial charge in [-0.25, -0.2) is 0 Å². The first-order valence-electron chi connectivity index (χ1n) is 5.96. The normalized spacial score (nSPS) is 26.5. The van der Waals surface area contributed by atoms with Crippen LogP contribution in [0.1, 0.15) is 49.7 Å². The lowest BCUT2D eigenvalue weighted by atomic mass is 9.78. The Morgan fingerprint density at radius 3 is 2.73 bits per heavy atom. The Hall–Kier alpha value is -0.980. The van der Waals surface area contributed by atoms with E-state index in [4.69, 9.17) is 0 Å². The van der Waals surface area contributed by atoms with E-state index in [1.807, 2.05) is 13.0 Å². The Kier molecular flexibility index (Phi) is 2.99. The summed E-state index contributed by atoms with van der Waals surface area (Å²) in [5.74, 6) is 1.99. The summed E-state index contributed by atoms with van der Waals surface area (Å²) in [4.78, 5) is 0. The molecule has 1 N–H and O–H groups in total. The van der Waals surface area contributed by atoms with Gasteiger partial charge in [0.2, 0.25) is 0 Å². The fraction of sp³-hybridized carbons (Fsp3) is 0.571. The van der Waals surface area contributed by atoms with Crippen LogP contribution >= 0.6 is 0 Å². The maximum atomic E-state index is 9.49. The van der Waals surface area contributed by atoms with E-state index in [-0.39, 0.29) is 0 Å². The van der Waals surface area contributed by atoms with Gasteiger partial charge in [0.25, 0.3) is 0 Å². The number of hydrogen-bond donors (Lipinski definition) is 1. The van der Waals surface area contributed by atoms with Crippen LogP contribution in [0.25, 0.3) is 0 Å². The van der Waals surface area contributed by atoms with E-state index in [1.54, 1.807) is 0 Å². The molecule has 1 saturated carbocycles. The molecule has 0 aromatic heterocycles. The molecule has 1 aliphatic carbocycles. The SMILES string of the molecule is Cc1cc(C2CCCC(C)C2)ccc1O. The molecule has 82 valence electrons. The zero-order valence-corrected chi connectivity index (χ0v) is 9.66. The maximum absolute atomic E-state index is 9.49. The highest BCUT2D eigenvalue weighted by atomic mass is 16.3. The van der Waals surface area contributed by atoms with E-state index < -0.39 is 0 Å². The molecule has 0 spiro atoms. The minimum atomic E-state index is 0.419. The van der Waals surface area contributed by atoms with Crippen molar-refractivity contribution in [3.63, 3.8) is 0 Å². The van der Waals surface area contributed by atoms with Crippen LogP contribution in [-0.2, 0) is 0 Å². The molecule has 0 aliphatic heterocycles. The Labute approximate surface area is 92.1 Å². The van der Waals surface area contributed by atoms with Gasteiger partial charge in [0.05, 0.1) is 0 Å². The molecule has 15 heavy (non-hydrogen) atoms. The molecular weight excluding hydrogens is 184 g/mol. The first-order chi connectivity index (χ1) is 7.16. The summed E-state index contributed by atoms with van der Waals surface area (Å²) in [7, 11) is 0. The maximum Gasteiger partial charge on any atom is 0.118 e. The number of aryl methyl sites for hydroxylation is 1. The van der Waals surface area contributed by atoms with Crippen molar-refractivity contribution in [1.82, 2.24) is 0 Å². The van der Waals surface area contributed by atoms with Crippen molar-refractivity contribution in [2.75, 3.05) is 0 Å². The van der Waals surface area contributed by atoms with E-state index >= 15 is 0 Å². The number of rotatable bonds is 1. The molecule has 0 saturated heterocycles. The molecule has 1 nitrogen and oxygen atoms in total. The van der Waals surface area contributed by atoms with E-state index in [1.165, 1.54) is 31.2 Å². The van der Waals surface area contributed by atoms with Gasteiger partial charge in [-0.15, -0.1) is 0 Å². The Balaban J connectivity index is 2.18. The second kappa shape index (κ2) is 4.26. The fourth-order valence-corrected chi connectivity index (χ4v) is 2.67. The standard InChI is InChI=1S/C14H20O/c1-10-4-3-5-12(8-10)13-6-7-14(15)11(2)9-13/h6-7,9-10,12,15H,3-5,8H2,1-2H3. The van der Waals surface area contributed by atoms with Crippen LogP contribution in [0.4, 0.5) is 0 Å². The average Bonchev–Trinajstić information content (AvgIpc) is 2.22. The molecule has 2 atom stereocenters. The second-order valence-corrected chi connectivity index (χ2v) is 5.01. The second-order valence-electron chi connectivity index (χ2n) is 5.01. The van der Waals surface area contributed by atoms with Gasteiger partial charge in [-0.2, -0.15) is 0 Å². The van der Waals surface area contributed by atoms with Crippen molar-refractivity contribution in [3.05, 3.63) is 29.3 Å². The quantitative estimate of drug-likeness (QED) is 0.733. The molecule has 1 aromatic carbocycles. The van der Waals surface area contributed by atoms with E-state index in [2.05, 4.69) is 19.1 Å². The highest BCUT2D eigenvalue weighted by molar-refractivity contribution is 5.36. The largest absolute Gasteiger partial charge is 0.508 e. The van der Waals surface area contributed by atoms with Crippen LogP contribution in [0.15, 0.2) is 18.2 Å². The summed E-state index contributed by atoms with van der Waals surface area (Å²) in [5, 5.41) is 9.49. The number of benzene rings is 1. The molecule has 0 heterocycles. The highest BCUT2D eigenvalue weighted by Crippen LogP contribution is 2.36. The summed E-state index contributed by atoms with van der Waals surface area (Å²) in [6.07, 6.45) is 5.36. The van der Waals surface area contributed by atoms with Gasteiger partial charge in [-0.1, -0.05) is 31.9 Å². The molecule has 1 heteroatoms. The molecule has 2 unspecified atom stereocenters. The third kappa shape index (κ3) is 2.34. The molecule has 1 aliphatic rings. The number of hydrogen-bond acceptors (Lipinski definition) is 1. The molecule has 0 radical (unpaired) electrons. The van der Waals surface area contributed by atoms with Crippen molar-refractivity contribution in [2.45, 2.75) is 45.4 Å². The summed E-state index contributed by atoms with van der Waals surface area (Å²) in [5.41, 5.74) is 2.42. The molecule has 0 amide bonds. The third-order valence-electron chi connectivity index (χ3n) is 3.63. The zero-order chi connectivity index (χ0) is 10.8. The predicted octanol–water partition coefficient (Wildman–Crippen LogP) is 3.99. The van der Waals surface area contributed by atoms with Gasteiger partial charge >= 0.3 is 0 Å². The molecule has 1 aromatic rings. The topological polar surface area (TPSA) is 20.2 Å². The zero-order valence-electron chi connectivity index (χ0n) is 9.66. The van der Waals surface area contributed by atoms with Gasteiger partial charge in [-0.05, 0) is 48.8 Å². The molecular formula is C14H20O. The lowest BCUT2D eigenvalue weighted by molar-refractivity contribution is 0.344. The smallest absolute Gasteiger partial charge is 0.118 e. The van der Waals surface area contributed by atoms with Gasteiger partial charge in [-0.3, -0.25) is 0 Å².